The maximum absolute atomic E-state index is 5.91. The molecule has 1 aromatic heterocycles. The molecule has 3 heteroatoms. The minimum absolute atomic E-state index is 0.511. The highest BCUT2D eigenvalue weighted by atomic mass is 16.5. The van der Waals surface area contributed by atoms with Gasteiger partial charge in [-0.3, -0.25) is 4.98 Å². The molecule has 0 N–H and O–H groups in total. The predicted molar refractivity (Wildman–Crippen MR) is 70.4 cm³/mol. The Hall–Kier alpha value is -1.77. The second-order valence-corrected chi connectivity index (χ2v) is 4.20. The molecule has 0 atom stereocenters. The van der Waals surface area contributed by atoms with Crippen molar-refractivity contribution in [1.29, 1.82) is 0 Å². The zero-order valence-electron chi connectivity index (χ0n) is 10.3. The number of hydrogen-bond donors (Lipinski definition) is 0. The van der Waals surface area contributed by atoms with Crippen molar-refractivity contribution >= 4 is 13.4 Å². The Balaban J connectivity index is 2.38. The van der Waals surface area contributed by atoms with Gasteiger partial charge in [0, 0.05) is 0 Å². The van der Waals surface area contributed by atoms with Crippen LogP contribution in [0.15, 0.2) is 30.5 Å². The van der Waals surface area contributed by atoms with Crippen molar-refractivity contribution in [2.75, 3.05) is 0 Å². The lowest BCUT2D eigenvalue weighted by molar-refractivity contribution is 0.469. The number of para-hydroxylation sites is 1. The summed E-state index contributed by atoms with van der Waals surface area (Å²) in [5.74, 6) is 1.64. The molecule has 2 nitrogen and oxygen atoms in total. The Morgan fingerprint density at radius 2 is 1.71 bits per heavy atom. The van der Waals surface area contributed by atoms with Crippen molar-refractivity contribution in [2.24, 2.45) is 0 Å². The van der Waals surface area contributed by atoms with Crippen LogP contribution < -0.4 is 10.3 Å². The second-order valence-electron chi connectivity index (χ2n) is 4.20. The van der Waals surface area contributed by atoms with Gasteiger partial charge in [0.1, 0.15) is 19.3 Å². The normalized spacial score (nSPS) is 10.3. The van der Waals surface area contributed by atoms with E-state index in [0.29, 0.717) is 5.59 Å². The van der Waals surface area contributed by atoms with E-state index in [-0.39, 0.29) is 0 Å². The molecule has 2 aromatic rings. The molecule has 0 fully saturated rings. The monoisotopic (exact) mass is 223 g/mol. The second kappa shape index (κ2) is 4.62. The van der Waals surface area contributed by atoms with Crippen LogP contribution in [0.5, 0.6) is 11.5 Å². The van der Waals surface area contributed by atoms with Crippen molar-refractivity contribution in [3.05, 3.63) is 47.2 Å². The van der Waals surface area contributed by atoms with Gasteiger partial charge in [0.25, 0.3) is 0 Å². The highest BCUT2D eigenvalue weighted by Gasteiger charge is 2.07. The quantitative estimate of drug-likeness (QED) is 0.730. The van der Waals surface area contributed by atoms with E-state index in [1.54, 1.807) is 6.20 Å². The first-order valence-electron chi connectivity index (χ1n) is 5.54. The molecule has 0 spiro atoms. The average molecular weight is 223 g/mol. The summed E-state index contributed by atoms with van der Waals surface area (Å²) in [4.78, 5) is 4.05. The van der Waals surface area contributed by atoms with E-state index in [4.69, 9.17) is 12.6 Å². The number of rotatable bonds is 2. The van der Waals surface area contributed by atoms with Gasteiger partial charge < -0.3 is 4.74 Å². The summed E-state index contributed by atoms with van der Waals surface area (Å²) in [7, 11) is 5.61. The van der Waals surface area contributed by atoms with Crippen LogP contribution in [-0.2, 0) is 0 Å². The van der Waals surface area contributed by atoms with E-state index >= 15 is 0 Å². The van der Waals surface area contributed by atoms with Crippen LogP contribution in [0, 0.1) is 20.8 Å². The molecule has 0 aliphatic rings. The maximum Gasteiger partial charge on any atom is 0.148 e. The molecule has 0 saturated heterocycles. The van der Waals surface area contributed by atoms with Crippen LogP contribution in [-0.4, -0.2) is 12.8 Å². The van der Waals surface area contributed by atoms with E-state index in [2.05, 4.69) is 4.98 Å². The highest BCUT2D eigenvalue weighted by Crippen LogP contribution is 2.29. The van der Waals surface area contributed by atoms with Crippen LogP contribution >= 0.6 is 0 Å². The molecule has 2 rings (SSSR count). The summed E-state index contributed by atoms with van der Waals surface area (Å²) in [6.07, 6.45) is 1.66. The van der Waals surface area contributed by atoms with Gasteiger partial charge in [-0.25, -0.2) is 0 Å². The molecule has 0 unspecified atom stereocenters. The molecule has 0 bridgehead atoms. The zero-order chi connectivity index (χ0) is 12.4. The molecular formula is C14H14BNO. The maximum atomic E-state index is 5.91. The molecule has 0 amide bonds. The molecule has 2 radical (unpaired) electrons. The fraction of sp³-hybridized carbons (Fsp3) is 0.214. The Bertz CT molecular complexity index is 532. The average Bonchev–Trinajstić information content (AvgIpc) is 2.26. The number of aryl methyl sites for hydroxylation is 3. The first-order chi connectivity index (χ1) is 8.08. The van der Waals surface area contributed by atoms with Crippen molar-refractivity contribution in [3.63, 3.8) is 0 Å². The molecule has 1 aromatic carbocycles. The van der Waals surface area contributed by atoms with Crippen molar-refractivity contribution < 1.29 is 4.74 Å². The van der Waals surface area contributed by atoms with E-state index < -0.39 is 0 Å². The van der Waals surface area contributed by atoms with Gasteiger partial charge >= 0.3 is 0 Å². The van der Waals surface area contributed by atoms with Crippen molar-refractivity contribution in [3.8, 4) is 11.5 Å². The smallest absolute Gasteiger partial charge is 0.148 e. The topological polar surface area (TPSA) is 22.1 Å². The summed E-state index contributed by atoms with van der Waals surface area (Å²) >= 11 is 0. The highest BCUT2D eigenvalue weighted by molar-refractivity contribution is 6.30. The van der Waals surface area contributed by atoms with E-state index in [9.17, 15) is 0 Å². The Labute approximate surface area is 103 Å². The van der Waals surface area contributed by atoms with Crippen molar-refractivity contribution in [1.82, 2.24) is 4.98 Å². The van der Waals surface area contributed by atoms with E-state index in [1.807, 2.05) is 45.0 Å². The molecule has 0 aliphatic heterocycles. The van der Waals surface area contributed by atoms with Crippen molar-refractivity contribution in [2.45, 2.75) is 20.8 Å². The summed E-state index contributed by atoms with van der Waals surface area (Å²) in [6, 6.07) is 7.89. The Morgan fingerprint density at radius 3 is 2.29 bits per heavy atom. The molecule has 1 heterocycles. The van der Waals surface area contributed by atoms with Crippen LogP contribution in [0.25, 0.3) is 0 Å². The van der Waals surface area contributed by atoms with Crippen LogP contribution in [0.1, 0.15) is 16.7 Å². The largest absolute Gasteiger partial charge is 0.455 e. The lowest BCUT2D eigenvalue weighted by atomic mass is 10.0. The van der Waals surface area contributed by atoms with Crippen LogP contribution in [0.4, 0.5) is 0 Å². The number of ether oxygens (including phenoxy) is 1. The fourth-order valence-electron chi connectivity index (χ4n) is 1.74. The predicted octanol–water partition coefficient (Wildman–Crippen LogP) is 2.59. The summed E-state index contributed by atoms with van der Waals surface area (Å²) in [5, 5.41) is 0. The molecular weight excluding hydrogens is 209 g/mol. The van der Waals surface area contributed by atoms with Gasteiger partial charge in [0.2, 0.25) is 0 Å². The third kappa shape index (κ3) is 2.49. The van der Waals surface area contributed by atoms with Gasteiger partial charge in [-0.15, -0.1) is 0 Å². The standard InChI is InChI=1S/C14H14BNO/c1-9-5-4-6-10(2)14(9)17-12-8-16-13(15)7-11(12)3/h4-8H,1-3H3. The summed E-state index contributed by atoms with van der Waals surface area (Å²) in [6.45, 7) is 6.02. The zero-order valence-corrected chi connectivity index (χ0v) is 10.3. The Kier molecular flexibility index (Phi) is 3.18. The number of benzene rings is 1. The van der Waals surface area contributed by atoms with E-state index in [0.717, 1.165) is 28.2 Å². The number of aromatic nitrogens is 1. The van der Waals surface area contributed by atoms with Gasteiger partial charge in [0.05, 0.1) is 6.20 Å². The molecule has 84 valence electrons. The number of pyridine rings is 1. The number of hydrogen-bond acceptors (Lipinski definition) is 2. The third-order valence-electron chi connectivity index (χ3n) is 2.70. The lowest BCUT2D eigenvalue weighted by Crippen LogP contribution is -2.08. The SMILES string of the molecule is [B]c1cc(C)c(Oc2c(C)cccc2C)cn1. The number of nitrogens with zero attached hydrogens (tertiary/aromatic N) is 1. The van der Waals surface area contributed by atoms with Gasteiger partial charge in [-0.1, -0.05) is 18.2 Å². The minimum Gasteiger partial charge on any atom is -0.455 e. The summed E-state index contributed by atoms with van der Waals surface area (Å²) < 4.78 is 5.91. The first kappa shape index (κ1) is 11.7. The first-order valence-corrected chi connectivity index (χ1v) is 5.54. The molecule has 0 saturated carbocycles. The lowest BCUT2D eigenvalue weighted by Gasteiger charge is -2.13. The van der Waals surface area contributed by atoms with Crippen LogP contribution in [0.2, 0.25) is 0 Å². The molecule has 17 heavy (non-hydrogen) atoms. The van der Waals surface area contributed by atoms with Gasteiger partial charge in [-0.2, -0.15) is 0 Å². The van der Waals surface area contributed by atoms with E-state index in [1.165, 1.54) is 0 Å². The third-order valence-corrected chi connectivity index (χ3v) is 2.70. The Morgan fingerprint density at radius 1 is 1.06 bits per heavy atom. The fourth-order valence-corrected chi connectivity index (χ4v) is 1.74. The summed E-state index contributed by atoms with van der Waals surface area (Å²) in [5.41, 5.74) is 3.72. The minimum atomic E-state index is 0.511. The van der Waals surface area contributed by atoms with Gasteiger partial charge in [0.15, 0.2) is 0 Å². The van der Waals surface area contributed by atoms with Gasteiger partial charge in [-0.05, 0) is 49.1 Å². The molecule has 0 aliphatic carbocycles. The van der Waals surface area contributed by atoms with Crippen LogP contribution in [0.3, 0.4) is 0 Å².